The highest BCUT2D eigenvalue weighted by Gasteiger charge is 2.21. The first-order valence-corrected chi connectivity index (χ1v) is 5.11. The number of hydrogen-bond donors (Lipinski definition) is 4. The summed E-state index contributed by atoms with van der Waals surface area (Å²) in [7, 11) is 0. The number of carbonyl (C=O) groups excluding carboxylic acids is 1. The number of nitrogens with zero attached hydrogens (tertiary/aromatic N) is 2. The van der Waals surface area contributed by atoms with Crippen LogP contribution >= 0.6 is 0 Å². The Bertz CT molecular complexity index is 411. The lowest BCUT2D eigenvalue weighted by molar-refractivity contribution is -0.119. The molecule has 0 spiro atoms. The van der Waals surface area contributed by atoms with E-state index in [4.69, 9.17) is 5.73 Å². The van der Waals surface area contributed by atoms with Gasteiger partial charge >= 0.3 is 0 Å². The van der Waals surface area contributed by atoms with Crippen LogP contribution < -0.4 is 11.1 Å². The summed E-state index contributed by atoms with van der Waals surface area (Å²) >= 11 is 0. The molecule has 0 aliphatic heterocycles. The van der Waals surface area contributed by atoms with E-state index < -0.39 is 12.2 Å². The average molecular weight is 240 g/mol. The fourth-order valence-corrected chi connectivity index (χ4v) is 1.35. The minimum atomic E-state index is -1.16. The second-order valence-corrected chi connectivity index (χ2v) is 3.72. The van der Waals surface area contributed by atoms with E-state index in [1.54, 1.807) is 6.92 Å². The van der Waals surface area contributed by atoms with Gasteiger partial charge in [-0.3, -0.25) is 4.79 Å². The second-order valence-electron chi connectivity index (χ2n) is 3.72. The predicted octanol–water partition coefficient (Wildman–Crippen LogP) is -1.10. The quantitative estimate of drug-likeness (QED) is 0.530. The first-order chi connectivity index (χ1) is 7.91. The maximum atomic E-state index is 10.7. The second kappa shape index (κ2) is 5.55. The Morgan fingerprint density at radius 2 is 2.24 bits per heavy atom. The molecule has 0 fully saturated rings. The van der Waals surface area contributed by atoms with Crippen molar-refractivity contribution in [2.75, 3.05) is 12.3 Å². The summed E-state index contributed by atoms with van der Waals surface area (Å²) in [5.41, 5.74) is 6.26. The Kier molecular flexibility index (Phi) is 4.36. The van der Waals surface area contributed by atoms with E-state index in [1.165, 1.54) is 13.1 Å². The number of aryl methyl sites for hydroxylation is 1. The molecule has 0 aromatic carbocycles. The minimum Gasteiger partial charge on any atom is -0.388 e. The number of hydrogen-bond acceptors (Lipinski definition) is 6. The van der Waals surface area contributed by atoms with Crippen molar-refractivity contribution in [3.63, 3.8) is 0 Å². The van der Waals surface area contributed by atoms with Crippen LogP contribution in [0.15, 0.2) is 6.20 Å². The fourth-order valence-electron chi connectivity index (χ4n) is 1.35. The summed E-state index contributed by atoms with van der Waals surface area (Å²) < 4.78 is 0. The van der Waals surface area contributed by atoms with Gasteiger partial charge in [0.2, 0.25) is 11.9 Å². The summed E-state index contributed by atoms with van der Waals surface area (Å²) in [6, 6.07) is 0. The Balaban J connectivity index is 2.74. The van der Waals surface area contributed by atoms with Gasteiger partial charge in [0.25, 0.3) is 0 Å². The van der Waals surface area contributed by atoms with Crippen LogP contribution in [0.3, 0.4) is 0 Å². The van der Waals surface area contributed by atoms with Crippen molar-refractivity contribution in [1.82, 2.24) is 15.3 Å². The topological polar surface area (TPSA) is 121 Å². The molecule has 0 radical (unpaired) electrons. The van der Waals surface area contributed by atoms with Crippen LogP contribution in [0.25, 0.3) is 0 Å². The van der Waals surface area contributed by atoms with Crippen LogP contribution in [0.2, 0.25) is 0 Å². The average Bonchev–Trinajstić information content (AvgIpc) is 2.25. The molecule has 1 aromatic rings. The standard InChI is InChI=1S/C10H16N4O3/c1-5-7(3-13-10(11)14-5)9(17)8(16)4-12-6(2)15/h3,8-9,16-17H,4H2,1-2H3,(H,12,15)(H2,11,13,14). The number of aromatic nitrogens is 2. The monoisotopic (exact) mass is 240 g/mol. The minimum absolute atomic E-state index is 0.0414. The van der Waals surface area contributed by atoms with Crippen LogP contribution in [-0.2, 0) is 4.79 Å². The molecule has 0 saturated heterocycles. The molecule has 1 amide bonds. The van der Waals surface area contributed by atoms with Crippen molar-refractivity contribution in [2.45, 2.75) is 26.1 Å². The van der Waals surface area contributed by atoms with Crippen molar-refractivity contribution >= 4 is 11.9 Å². The van der Waals surface area contributed by atoms with Gasteiger partial charge in [0.15, 0.2) is 0 Å². The molecule has 94 valence electrons. The number of aliphatic hydroxyl groups is 2. The number of rotatable bonds is 4. The number of carbonyl (C=O) groups is 1. The highest BCUT2D eigenvalue weighted by molar-refractivity contribution is 5.72. The lowest BCUT2D eigenvalue weighted by Crippen LogP contribution is -2.34. The number of nitrogens with two attached hydrogens (primary N) is 1. The van der Waals surface area contributed by atoms with Gasteiger partial charge in [0.1, 0.15) is 12.2 Å². The summed E-state index contributed by atoms with van der Waals surface area (Å²) in [5, 5.41) is 21.9. The molecule has 1 heterocycles. The van der Waals surface area contributed by atoms with E-state index in [2.05, 4.69) is 15.3 Å². The van der Waals surface area contributed by atoms with E-state index in [1.807, 2.05) is 0 Å². The maximum Gasteiger partial charge on any atom is 0.220 e. The van der Waals surface area contributed by atoms with E-state index >= 15 is 0 Å². The zero-order chi connectivity index (χ0) is 13.0. The Morgan fingerprint density at radius 3 is 2.76 bits per heavy atom. The molecule has 1 rings (SSSR count). The van der Waals surface area contributed by atoms with Crippen LogP contribution in [-0.4, -0.2) is 38.7 Å². The number of nitrogens with one attached hydrogen (secondary N) is 1. The lowest BCUT2D eigenvalue weighted by atomic mass is 10.0. The molecular weight excluding hydrogens is 224 g/mol. The van der Waals surface area contributed by atoms with Crippen LogP contribution in [0.1, 0.15) is 24.3 Å². The molecule has 1 aromatic heterocycles. The molecule has 7 nitrogen and oxygen atoms in total. The first-order valence-electron chi connectivity index (χ1n) is 5.11. The molecule has 2 unspecified atom stereocenters. The van der Waals surface area contributed by atoms with Crippen LogP contribution in [0.5, 0.6) is 0 Å². The SMILES string of the molecule is CC(=O)NCC(O)C(O)c1cnc(N)nc1C. The smallest absolute Gasteiger partial charge is 0.220 e. The predicted molar refractivity (Wildman–Crippen MR) is 60.8 cm³/mol. The fraction of sp³-hybridized carbons (Fsp3) is 0.500. The molecule has 0 bridgehead atoms. The van der Waals surface area contributed by atoms with E-state index in [9.17, 15) is 15.0 Å². The van der Waals surface area contributed by atoms with E-state index in [0.717, 1.165) is 0 Å². The van der Waals surface area contributed by atoms with Gasteiger partial charge in [-0.1, -0.05) is 0 Å². The van der Waals surface area contributed by atoms with Gasteiger partial charge in [0, 0.05) is 30.9 Å². The Labute approximate surface area is 98.7 Å². The third-order valence-electron chi connectivity index (χ3n) is 2.28. The number of anilines is 1. The Morgan fingerprint density at radius 1 is 1.59 bits per heavy atom. The van der Waals surface area contributed by atoms with Gasteiger partial charge in [-0.05, 0) is 6.92 Å². The summed E-state index contributed by atoms with van der Waals surface area (Å²) in [4.78, 5) is 18.3. The summed E-state index contributed by atoms with van der Waals surface area (Å²) in [6.45, 7) is 2.94. The maximum absolute atomic E-state index is 10.7. The number of aliphatic hydroxyl groups excluding tert-OH is 2. The molecule has 17 heavy (non-hydrogen) atoms. The van der Waals surface area contributed by atoms with Crippen molar-refractivity contribution in [2.24, 2.45) is 0 Å². The molecule has 2 atom stereocenters. The molecule has 0 saturated carbocycles. The Hall–Kier alpha value is -1.73. The van der Waals surface area contributed by atoms with E-state index in [0.29, 0.717) is 11.3 Å². The summed E-state index contributed by atoms with van der Waals surface area (Å²) in [6.07, 6.45) is -0.924. The highest BCUT2D eigenvalue weighted by atomic mass is 16.3. The zero-order valence-corrected chi connectivity index (χ0v) is 9.71. The highest BCUT2D eigenvalue weighted by Crippen LogP contribution is 2.18. The van der Waals surface area contributed by atoms with Crippen molar-refractivity contribution in [1.29, 1.82) is 0 Å². The van der Waals surface area contributed by atoms with Crippen molar-refractivity contribution in [3.05, 3.63) is 17.5 Å². The molecule has 0 aliphatic carbocycles. The van der Waals surface area contributed by atoms with Gasteiger partial charge in [-0.2, -0.15) is 0 Å². The third kappa shape index (κ3) is 3.65. The lowest BCUT2D eigenvalue weighted by Gasteiger charge is -2.19. The normalized spacial score (nSPS) is 14.1. The number of nitrogen functional groups attached to an aromatic ring is 1. The molecule has 0 aliphatic rings. The van der Waals surface area contributed by atoms with Gasteiger partial charge in [-0.15, -0.1) is 0 Å². The first kappa shape index (κ1) is 13.3. The molecule has 7 heteroatoms. The summed E-state index contributed by atoms with van der Waals surface area (Å²) in [5.74, 6) is -0.170. The zero-order valence-electron chi connectivity index (χ0n) is 9.71. The van der Waals surface area contributed by atoms with Gasteiger partial charge in [-0.25, -0.2) is 9.97 Å². The van der Waals surface area contributed by atoms with Crippen molar-refractivity contribution < 1.29 is 15.0 Å². The van der Waals surface area contributed by atoms with Crippen LogP contribution in [0.4, 0.5) is 5.95 Å². The number of amides is 1. The van der Waals surface area contributed by atoms with Gasteiger partial charge in [0.05, 0.1) is 0 Å². The largest absolute Gasteiger partial charge is 0.388 e. The third-order valence-corrected chi connectivity index (χ3v) is 2.28. The molecular formula is C10H16N4O3. The van der Waals surface area contributed by atoms with Gasteiger partial charge < -0.3 is 21.3 Å². The van der Waals surface area contributed by atoms with E-state index in [-0.39, 0.29) is 18.4 Å². The van der Waals surface area contributed by atoms with Crippen LogP contribution in [0, 0.1) is 6.92 Å². The van der Waals surface area contributed by atoms with Crippen molar-refractivity contribution in [3.8, 4) is 0 Å². The molecule has 5 N–H and O–H groups in total.